The standard InChI is InChI=1S/C17H11NO3/c1-18-13-9-5-4-8-12(13)15-14(16(18)19)10-6-2-3-7-11(10)17(20)21-15/h2-9H,1H3. The Bertz CT molecular complexity index is 1140. The minimum Gasteiger partial charge on any atom is -0.421 e. The quantitative estimate of drug-likeness (QED) is 0.464. The molecular weight excluding hydrogens is 266 g/mol. The number of benzene rings is 2. The molecule has 0 aliphatic rings. The molecule has 2 aromatic heterocycles. The van der Waals surface area contributed by atoms with Gasteiger partial charge >= 0.3 is 5.63 Å². The first kappa shape index (κ1) is 11.9. The van der Waals surface area contributed by atoms with Crippen molar-refractivity contribution in [3.63, 3.8) is 0 Å². The maximum Gasteiger partial charge on any atom is 0.344 e. The summed E-state index contributed by atoms with van der Waals surface area (Å²) in [5.41, 5.74) is 0.519. The van der Waals surface area contributed by atoms with Crippen LogP contribution in [-0.2, 0) is 7.05 Å². The lowest BCUT2D eigenvalue weighted by molar-refractivity contribution is 0.571. The van der Waals surface area contributed by atoms with Gasteiger partial charge in [-0.05, 0) is 18.2 Å². The van der Waals surface area contributed by atoms with Crippen molar-refractivity contribution in [2.45, 2.75) is 0 Å². The average Bonchev–Trinajstić information content (AvgIpc) is 2.53. The van der Waals surface area contributed by atoms with Crippen LogP contribution in [0.1, 0.15) is 0 Å². The second-order valence-electron chi connectivity index (χ2n) is 5.02. The number of rotatable bonds is 0. The van der Waals surface area contributed by atoms with Gasteiger partial charge in [-0.2, -0.15) is 0 Å². The highest BCUT2D eigenvalue weighted by Crippen LogP contribution is 2.26. The number of nitrogens with zero attached hydrogens (tertiary/aromatic N) is 1. The molecule has 0 atom stereocenters. The fourth-order valence-corrected chi connectivity index (χ4v) is 2.84. The predicted octanol–water partition coefficient (Wildman–Crippen LogP) is 2.80. The molecule has 0 aliphatic carbocycles. The molecule has 0 N–H and O–H groups in total. The topological polar surface area (TPSA) is 52.2 Å². The van der Waals surface area contributed by atoms with Gasteiger partial charge in [0.25, 0.3) is 5.56 Å². The van der Waals surface area contributed by atoms with Gasteiger partial charge in [-0.15, -0.1) is 0 Å². The lowest BCUT2D eigenvalue weighted by Gasteiger charge is -2.09. The summed E-state index contributed by atoms with van der Waals surface area (Å²) >= 11 is 0. The summed E-state index contributed by atoms with van der Waals surface area (Å²) in [7, 11) is 1.73. The Kier molecular flexibility index (Phi) is 2.30. The summed E-state index contributed by atoms with van der Waals surface area (Å²) in [6.45, 7) is 0. The Hall–Kier alpha value is -2.88. The van der Waals surface area contributed by atoms with Gasteiger partial charge in [-0.3, -0.25) is 4.79 Å². The molecule has 0 saturated heterocycles. The number of hydrogen-bond acceptors (Lipinski definition) is 3. The number of aryl methyl sites for hydroxylation is 1. The zero-order chi connectivity index (χ0) is 14.6. The van der Waals surface area contributed by atoms with Crippen molar-refractivity contribution < 1.29 is 4.42 Å². The van der Waals surface area contributed by atoms with E-state index in [9.17, 15) is 9.59 Å². The van der Waals surface area contributed by atoms with E-state index >= 15 is 0 Å². The van der Waals surface area contributed by atoms with Gasteiger partial charge in [0, 0.05) is 17.8 Å². The summed E-state index contributed by atoms with van der Waals surface area (Å²) in [5.74, 6) is 0. The van der Waals surface area contributed by atoms with Gasteiger partial charge in [-0.1, -0.05) is 30.3 Å². The molecule has 4 aromatic rings. The van der Waals surface area contributed by atoms with Crippen molar-refractivity contribution in [2.24, 2.45) is 7.05 Å². The van der Waals surface area contributed by atoms with Crippen LogP contribution < -0.4 is 11.2 Å². The normalized spacial score (nSPS) is 11.5. The molecule has 2 aromatic carbocycles. The van der Waals surface area contributed by atoms with Crippen molar-refractivity contribution in [2.75, 3.05) is 0 Å². The zero-order valence-corrected chi connectivity index (χ0v) is 11.3. The number of aromatic nitrogens is 1. The molecule has 21 heavy (non-hydrogen) atoms. The summed E-state index contributed by atoms with van der Waals surface area (Å²) in [4.78, 5) is 24.8. The Balaban J connectivity index is 2.49. The van der Waals surface area contributed by atoms with E-state index in [1.165, 1.54) is 0 Å². The zero-order valence-electron chi connectivity index (χ0n) is 11.3. The van der Waals surface area contributed by atoms with E-state index < -0.39 is 5.63 Å². The number of fused-ring (bicyclic) bond motifs is 5. The summed E-state index contributed by atoms with van der Waals surface area (Å²) < 4.78 is 7.04. The van der Waals surface area contributed by atoms with Crippen LogP contribution in [0.15, 0.2) is 62.5 Å². The molecule has 4 rings (SSSR count). The van der Waals surface area contributed by atoms with Gasteiger partial charge in [0.2, 0.25) is 0 Å². The SMILES string of the molecule is Cn1c(=O)c2c3ccccc3c(=O)oc2c2ccccc21. The molecule has 2 heterocycles. The molecule has 0 bridgehead atoms. The maximum absolute atomic E-state index is 12.7. The second kappa shape index (κ2) is 4.06. The van der Waals surface area contributed by atoms with Crippen molar-refractivity contribution in [3.8, 4) is 0 Å². The van der Waals surface area contributed by atoms with Crippen molar-refractivity contribution in [1.29, 1.82) is 0 Å². The predicted molar refractivity (Wildman–Crippen MR) is 82.7 cm³/mol. The highest BCUT2D eigenvalue weighted by molar-refractivity contribution is 6.12. The molecule has 0 radical (unpaired) electrons. The van der Waals surface area contributed by atoms with Crippen LogP contribution in [0, 0.1) is 0 Å². The largest absolute Gasteiger partial charge is 0.421 e. The third-order valence-electron chi connectivity index (χ3n) is 3.87. The molecule has 0 amide bonds. The Morgan fingerprint density at radius 3 is 2.24 bits per heavy atom. The van der Waals surface area contributed by atoms with E-state index in [0.717, 1.165) is 10.9 Å². The highest BCUT2D eigenvalue weighted by atomic mass is 16.4. The van der Waals surface area contributed by atoms with Crippen LogP contribution in [0.5, 0.6) is 0 Å². The highest BCUT2D eigenvalue weighted by Gasteiger charge is 2.15. The first-order valence-corrected chi connectivity index (χ1v) is 6.62. The lowest BCUT2D eigenvalue weighted by atomic mass is 10.1. The first-order valence-electron chi connectivity index (χ1n) is 6.62. The summed E-state index contributed by atoms with van der Waals surface area (Å²) in [6, 6.07) is 14.4. The van der Waals surface area contributed by atoms with Gasteiger partial charge in [0.05, 0.1) is 16.3 Å². The van der Waals surface area contributed by atoms with E-state index in [-0.39, 0.29) is 5.56 Å². The van der Waals surface area contributed by atoms with Gasteiger partial charge in [-0.25, -0.2) is 4.79 Å². The van der Waals surface area contributed by atoms with Crippen LogP contribution in [0.4, 0.5) is 0 Å². The van der Waals surface area contributed by atoms with E-state index in [1.807, 2.05) is 30.3 Å². The average molecular weight is 277 g/mol. The summed E-state index contributed by atoms with van der Waals surface area (Å²) in [5, 5.41) is 2.27. The number of para-hydroxylation sites is 1. The third-order valence-corrected chi connectivity index (χ3v) is 3.87. The summed E-state index contributed by atoms with van der Waals surface area (Å²) in [6.07, 6.45) is 0. The van der Waals surface area contributed by atoms with Gasteiger partial charge in [0.1, 0.15) is 0 Å². The first-order chi connectivity index (χ1) is 10.2. The van der Waals surface area contributed by atoms with Crippen molar-refractivity contribution >= 4 is 32.6 Å². The fraction of sp³-hybridized carbons (Fsp3) is 0.0588. The van der Waals surface area contributed by atoms with Crippen LogP contribution >= 0.6 is 0 Å². The number of pyridine rings is 1. The molecule has 4 nitrogen and oxygen atoms in total. The molecule has 0 unspecified atom stereocenters. The van der Waals surface area contributed by atoms with E-state index in [0.29, 0.717) is 21.7 Å². The van der Waals surface area contributed by atoms with Crippen LogP contribution in [0.2, 0.25) is 0 Å². The van der Waals surface area contributed by atoms with Crippen LogP contribution in [0.25, 0.3) is 32.6 Å². The molecule has 0 saturated carbocycles. The van der Waals surface area contributed by atoms with E-state index in [2.05, 4.69) is 0 Å². The molecule has 102 valence electrons. The minimum absolute atomic E-state index is 0.163. The second-order valence-corrected chi connectivity index (χ2v) is 5.02. The van der Waals surface area contributed by atoms with E-state index in [4.69, 9.17) is 4.42 Å². The smallest absolute Gasteiger partial charge is 0.344 e. The molecule has 4 heteroatoms. The van der Waals surface area contributed by atoms with Crippen molar-refractivity contribution in [3.05, 3.63) is 69.3 Å². The van der Waals surface area contributed by atoms with Gasteiger partial charge in [0.15, 0.2) is 5.58 Å². The number of hydrogen-bond donors (Lipinski definition) is 0. The molecule has 0 spiro atoms. The Morgan fingerprint density at radius 2 is 1.48 bits per heavy atom. The molecular formula is C17H11NO3. The molecule has 0 aliphatic heterocycles. The van der Waals surface area contributed by atoms with Gasteiger partial charge < -0.3 is 8.98 Å². The minimum atomic E-state index is -0.420. The fourth-order valence-electron chi connectivity index (χ4n) is 2.84. The Morgan fingerprint density at radius 1 is 0.857 bits per heavy atom. The lowest BCUT2D eigenvalue weighted by Crippen LogP contribution is -2.18. The van der Waals surface area contributed by atoms with Crippen LogP contribution in [-0.4, -0.2) is 4.57 Å². The molecule has 0 fully saturated rings. The maximum atomic E-state index is 12.7. The van der Waals surface area contributed by atoms with Crippen molar-refractivity contribution in [1.82, 2.24) is 4.57 Å². The third kappa shape index (κ3) is 1.50. The van der Waals surface area contributed by atoms with Crippen LogP contribution in [0.3, 0.4) is 0 Å². The van der Waals surface area contributed by atoms with E-state index in [1.54, 1.807) is 29.8 Å². The monoisotopic (exact) mass is 277 g/mol. The Labute approximate surface area is 118 Å².